The molecule has 3 aromatic rings. The van der Waals surface area contributed by atoms with E-state index in [0.717, 1.165) is 16.8 Å². The van der Waals surface area contributed by atoms with Gasteiger partial charge in [0.1, 0.15) is 18.1 Å². The Morgan fingerprint density at radius 3 is 2.71 bits per heavy atom. The summed E-state index contributed by atoms with van der Waals surface area (Å²) in [5.41, 5.74) is 3.92. The Hall–Kier alpha value is -3.61. The Kier molecular flexibility index (Phi) is 4.57. The lowest BCUT2D eigenvalue weighted by atomic mass is 9.95. The number of carbonyl (C=O) groups is 1. The predicted octanol–water partition coefficient (Wildman–Crippen LogP) is 3.52. The second kappa shape index (κ2) is 7.19. The van der Waals surface area contributed by atoms with Crippen LogP contribution in [0.1, 0.15) is 24.1 Å². The van der Waals surface area contributed by atoms with E-state index in [1.165, 1.54) is 6.33 Å². The fourth-order valence-electron chi connectivity index (χ4n) is 3.44. The maximum Gasteiger partial charge on any atom is 0.255 e. The average molecular weight is 375 g/mol. The zero-order valence-electron chi connectivity index (χ0n) is 15.9. The first-order valence-corrected chi connectivity index (χ1v) is 8.96. The molecule has 0 spiro atoms. The van der Waals surface area contributed by atoms with E-state index in [4.69, 9.17) is 4.74 Å². The quantitative estimate of drug-likeness (QED) is 0.729. The SMILES string of the molecule is COc1ccc(C)cc1NC(=O)C1=C(C)Nc2ncnn2[C@H]1c1ccccc1. The Morgan fingerprint density at radius 2 is 1.96 bits per heavy atom. The normalized spacial score (nSPS) is 15.6. The van der Waals surface area contributed by atoms with E-state index in [1.54, 1.807) is 11.8 Å². The van der Waals surface area contributed by atoms with Gasteiger partial charge in [-0.15, -0.1) is 0 Å². The summed E-state index contributed by atoms with van der Waals surface area (Å²) in [6.45, 7) is 3.84. The first kappa shape index (κ1) is 17.8. The van der Waals surface area contributed by atoms with E-state index in [-0.39, 0.29) is 11.9 Å². The number of methoxy groups -OCH3 is 1. The molecule has 2 aromatic carbocycles. The number of nitrogens with zero attached hydrogens (tertiary/aromatic N) is 3. The number of aromatic nitrogens is 3. The number of rotatable bonds is 4. The van der Waals surface area contributed by atoms with Gasteiger partial charge < -0.3 is 15.4 Å². The lowest BCUT2D eigenvalue weighted by Gasteiger charge is -2.28. The van der Waals surface area contributed by atoms with Crippen molar-refractivity contribution in [3.63, 3.8) is 0 Å². The Labute approximate surface area is 163 Å². The van der Waals surface area contributed by atoms with Crippen molar-refractivity contribution in [3.8, 4) is 5.75 Å². The van der Waals surface area contributed by atoms with Crippen LogP contribution in [0.4, 0.5) is 11.6 Å². The van der Waals surface area contributed by atoms with Crippen LogP contribution in [-0.2, 0) is 4.79 Å². The molecule has 1 aliphatic rings. The van der Waals surface area contributed by atoms with Crippen molar-refractivity contribution < 1.29 is 9.53 Å². The van der Waals surface area contributed by atoms with Crippen LogP contribution in [0, 0.1) is 6.92 Å². The van der Waals surface area contributed by atoms with Crippen molar-refractivity contribution >= 4 is 17.5 Å². The van der Waals surface area contributed by atoms with Gasteiger partial charge in [-0.3, -0.25) is 4.79 Å². The van der Waals surface area contributed by atoms with E-state index in [9.17, 15) is 4.79 Å². The zero-order chi connectivity index (χ0) is 19.7. The van der Waals surface area contributed by atoms with Gasteiger partial charge in [-0.25, -0.2) is 4.68 Å². The van der Waals surface area contributed by atoms with Crippen LogP contribution >= 0.6 is 0 Å². The first-order valence-electron chi connectivity index (χ1n) is 8.96. The molecule has 0 aliphatic carbocycles. The van der Waals surface area contributed by atoms with Crippen LogP contribution < -0.4 is 15.4 Å². The maximum absolute atomic E-state index is 13.3. The minimum Gasteiger partial charge on any atom is -0.495 e. The minimum absolute atomic E-state index is 0.219. The van der Waals surface area contributed by atoms with Crippen LogP contribution in [0.5, 0.6) is 5.75 Å². The van der Waals surface area contributed by atoms with Crippen molar-refractivity contribution in [3.05, 3.63) is 77.3 Å². The highest BCUT2D eigenvalue weighted by molar-refractivity contribution is 6.06. The smallest absolute Gasteiger partial charge is 0.255 e. The molecular weight excluding hydrogens is 354 g/mol. The summed E-state index contributed by atoms with van der Waals surface area (Å²) < 4.78 is 7.12. The number of anilines is 2. The molecule has 0 unspecified atom stereocenters. The number of hydrogen-bond donors (Lipinski definition) is 2. The lowest BCUT2D eigenvalue weighted by molar-refractivity contribution is -0.113. The monoisotopic (exact) mass is 375 g/mol. The third-order valence-electron chi connectivity index (χ3n) is 4.76. The molecule has 2 N–H and O–H groups in total. The molecule has 4 rings (SSSR count). The summed E-state index contributed by atoms with van der Waals surface area (Å²) in [5.74, 6) is 0.999. The topological polar surface area (TPSA) is 81.1 Å². The first-order chi connectivity index (χ1) is 13.6. The summed E-state index contributed by atoms with van der Waals surface area (Å²) in [4.78, 5) is 17.6. The van der Waals surface area contributed by atoms with Gasteiger partial charge in [-0.1, -0.05) is 36.4 Å². The van der Waals surface area contributed by atoms with E-state index >= 15 is 0 Å². The number of hydrogen-bond acceptors (Lipinski definition) is 5. The molecule has 7 heteroatoms. The molecule has 28 heavy (non-hydrogen) atoms. The summed E-state index contributed by atoms with van der Waals surface area (Å²) in [5, 5.41) is 10.5. The van der Waals surface area contributed by atoms with Gasteiger partial charge in [0.25, 0.3) is 5.91 Å². The van der Waals surface area contributed by atoms with Gasteiger partial charge in [-0.2, -0.15) is 10.1 Å². The molecule has 0 bridgehead atoms. The molecular formula is C21H21N5O2. The molecule has 0 fully saturated rings. The summed E-state index contributed by atoms with van der Waals surface area (Å²) in [6, 6.07) is 15.1. The summed E-state index contributed by atoms with van der Waals surface area (Å²) in [6.07, 6.45) is 1.48. The number of benzene rings is 2. The number of fused-ring (bicyclic) bond motifs is 1. The number of aryl methyl sites for hydroxylation is 1. The average Bonchev–Trinajstić information content (AvgIpc) is 3.15. The molecule has 2 heterocycles. The predicted molar refractivity (Wildman–Crippen MR) is 107 cm³/mol. The van der Waals surface area contributed by atoms with Crippen molar-refractivity contribution in [2.24, 2.45) is 0 Å². The number of carbonyl (C=O) groups excluding carboxylic acids is 1. The molecule has 7 nitrogen and oxygen atoms in total. The highest BCUT2D eigenvalue weighted by atomic mass is 16.5. The van der Waals surface area contributed by atoms with Crippen molar-refractivity contribution in [2.45, 2.75) is 19.9 Å². The van der Waals surface area contributed by atoms with Gasteiger partial charge in [0.05, 0.1) is 18.4 Å². The van der Waals surface area contributed by atoms with E-state index in [2.05, 4.69) is 20.7 Å². The van der Waals surface area contributed by atoms with E-state index < -0.39 is 0 Å². The Balaban J connectivity index is 1.76. The van der Waals surface area contributed by atoms with E-state index in [1.807, 2.05) is 62.4 Å². The molecule has 1 aliphatic heterocycles. The third kappa shape index (κ3) is 3.11. The zero-order valence-corrected chi connectivity index (χ0v) is 15.9. The maximum atomic E-state index is 13.3. The minimum atomic E-state index is -0.379. The molecule has 142 valence electrons. The number of amides is 1. The fourth-order valence-corrected chi connectivity index (χ4v) is 3.44. The largest absolute Gasteiger partial charge is 0.495 e. The van der Waals surface area contributed by atoms with Crippen LogP contribution in [0.15, 0.2) is 66.1 Å². The van der Waals surface area contributed by atoms with Gasteiger partial charge in [0, 0.05) is 5.70 Å². The second-order valence-electron chi connectivity index (χ2n) is 6.66. The number of nitrogens with one attached hydrogen (secondary N) is 2. The summed E-state index contributed by atoms with van der Waals surface area (Å²) >= 11 is 0. The Morgan fingerprint density at radius 1 is 1.18 bits per heavy atom. The van der Waals surface area contributed by atoms with Crippen molar-refractivity contribution in [1.29, 1.82) is 0 Å². The molecule has 0 saturated carbocycles. The molecule has 1 atom stereocenters. The van der Waals surface area contributed by atoms with Gasteiger partial charge in [0.15, 0.2) is 0 Å². The molecule has 0 radical (unpaired) electrons. The Bertz CT molecular complexity index is 1060. The number of ether oxygens (including phenoxy) is 1. The van der Waals surface area contributed by atoms with Gasteiger partial charge in [-0.05, 0) is 37.1 Å². The van der Waals surface area contributed by atoms with Crippen LogP contribution in [0.2, 0.25) is 0 Å². The van der Waals surface area contributed by atoms with Gasteiger partial charge >= 0.3 is 0 Å². The molecule has 0 saturated heterocycles. The van der Waals surface area contributed by atoms with E-state index in [0.29, 0.717) is 23.0 Å². The molecule has 1 amide bonds. The van der Waals surface area contributed by atoms with Crippen molar-refractivity contribution in [1.82, 2.24) is 14.8 Å². The van der Waals surface area contributed by atoms with Crippen molar-refractivity contribution in [2.75, 3.05) is 17.7 Å². The van der Waals surface area contributed by atoms with Crippen LogP contribution in [0.25, 0.3) is 0 Å². The highest BCUT2D eigenvalue weighted by Crippen LogP contribution is 2.35. The van der Waals surface area contributed by atoms with Gasteiger partial charge in [0.2, 0.25) is 5.95 Å². The summed E-state index contributed by atoms with van der Waals surface area (Å²) in [7, 11) is 1.58. The number of allylic oxidation sites excluding steroid dienone is 1. The lowest BCUT2D eigenvalue weighted by Crippen LogP contribution is -2.31. The standard InChI is InChI=1S/C21H21N5O2/c1-13-9-10-17(28-3)16(11-13)25-20(27)18-14(2)24-21-22-12-23-26(21)19(18)15-7-5-4-6-8-15/h4-12,19H,1-3H3,(H,25,27)(H,22,23,24)/t19-/m0/s1. The van der Waals surface area contributed by atoms with Crippen LogP contribution in [-0.4, -0.2) is 27.8 Å². The van der Waals surface area contributed by atoms with Crippen LogP contribution in [0.3, 0.4) is 0 Å². The highest BCUT2D eigenvalue weighted by Gasteiger charge is 2.33. The molecule has 1 aromatic heterocycles. The third-order valence-corrected chi connectivity index (χ3v) is 4.76. The second-order valence-corrected chi connectivity index (χ2v) is 6.66. The fraction of sp³-hybridized carbons (Fsp3) is 0.190.